The van der Waals surface area contributed by atoms with Crippen molar-refractivity contribution in [2.75, 3.05) is 16.0 Å². The summed E-state index contributed by atoms with van der Waals surface area (Å²) in [6.07, 6.45) is 22.9. The van der Waals surface area contributed by atoms with Crippen molar-refractivity contribution in [3.8, 4) is 11.3 Å². The first-order valence-electron chi connectivity index (χ1n) is 25.0. The Bertz CT molecular complexity index is 3700. The number of fused-ring (bicyclic) bond motifs is 3. The molecule has 2 saturated carbocycles. The monoisotopic (exact) mass is 1200 g/mol. The van der Waals surface area contributed by atoms with Crippen molar-refractivity contribution >= 4 is 82.2 Å². The average Bonchev–Trinajstić information content (AvgIpc) is 4.16. The zero-order chi connectivity index (χ0) is 51.7. The van der Waals surface area contributed by atoms with Gasteiger partial charge in [-0.15, -0.1) is 0 Å². The van der Waals surface area contributed by atoms with Crippen LogP contribution in [0.5, 0.6) is 0 Å². The molecule has 2 fully saturated rings. The van der Waals surface area contributed by atoms with Crippen molar-refractivity contribution in [3.05, 3.63) is 195 Å². The minimum atomic E-state index is -0.113. The maximum absolute atomic E-state index is 11.5. The summed E-state index contributed by atoms with van der Waals surface area (Å²) in [4.78, 5) is 56.2. The number of hydrogen-bond donors (Lipinski definition) is 6. The van der Waals surface area contributed by atoms with Gasteiger partial charge in [-0.05, 0) is 96.2 Å². The molecule has 10 aromatic rings. The molecule has 0 unspecified atom stereocenters. The summed E-state index contributed by atoms with van der Waals surface area (Å²) in [7, 11) is 0. The summed E-state index contributed by atoms with van der Waals surface area (Å²) in [5.41, 5.74) is 9.18. The standard InChI is InChI=1S/C18H20BrN5O.C18H14BrN5O.C18H20BrN5O/c2*19-14-11-22-24-16(20-9-12-6-7-17(25)21-10-12)8-15(23-18(14)24)13-4-2-1-3-5-13;19-14-11-22-24-16(21-10-12-6-7-20-17(25)8-12)9-15(23-18(14)24)13-4-2-1-3-5-13/h6-8,10-11,13,20H,1-5,9H2,(H,21,25);1-8,10-11,20H,9H2,(H,21,25);6-9,11,13,21H,1-5,10H2,(H,20,25). The Balaban J connectivity index is 0.000000128. The highest BCUT2D eigenvalue weighted by Gasteiger charge is 2.22. The van der Waals surface area contributed by atoms with Crippen LogP contribution in [0.15, 0.2) is 150 Å². The molecule has 2 aliphatic carbocycles. The van der Waals surface area contributed by atoms with Gasteiger partial charge < -0.3 is 30.9 Å². The molecule has 0 atom stereocenters. The fraction of sp³-hybridized carbons (Fsp3) is 0.278. The Kier molecular flexibility index (Phi) is 16.4. The second-order valence-corrected chi connectivity index (χ2v) is 21.2. The smallest absolute Gasteiger partial charge is 0.248 e. The summed E-state index contributed by atoms with van der Waals surface area (Å²) in [6, 6.07) is 26.4. The predicted molar refractivity (Wildman–Crippen MR) is 302 cm³/mol. The predicted octanol–water partition coefficient (Wildman–Crippen LogP) is 11.1. The number of nitrogens with zero attached hydrogens (tertiary/aromatic N) is 9. The van der Waals surface area contributed by atoms with E-state index in [2.05, 4.69) is 106 Å². The zero-order valence-corrected chi connectivity index (χ0v) is 45.5. The lowest BCUT2D eigenvalue weighted by molar-refractivity contribution is 0.437. The number of rotatable bonds is 12. The molecule has 1 aromatic carbocycles. The fourth-order valence-electron chi connectivity index (χ4n) is 9.48. The largest absolute Gasteiger partial charge is 0.366 e. The van der Waals surface area contributed by atoms with Crippen molar-refractivity contribution in [1.29, 1.82) is 0 Å². The van der Waals surface area contributed by atoms with Crippen molar-refractivity contribution in [2.24, 2.45) is 0 Å². The van der Waals surface area contributed by atoms with Gasteiger partial charge in [0.2, 0.25) is 16.7 Å². The van der Waals surface area contributed by atoms with Crippen LogP contribution in [-0.4, -0.2) is 58.7 Å². The first-order valence-corrected chi connectivity index (χ1v) is 27.4. The third-order valence-corrected chi connectivity index (χ3v) is 15.1. The van der Waals surface area contributed by atoms with E-state index in [0.717, 1.165) is 87.1 Å². The molecular formula is C54H54Br3N15O3. The van der Waals surface area contributed by atoms with E-state index in [1.165, 1.54) is 76.3 Å². The molecule has 0 bridgehead atoms. The Hall–Kier alpha value is -7.23. The van der Waals surface area contributed by atoms with Crippen LogP contribution in [0.4, 0.5) is 17.5 Å². The van der Waals surface area contributed by atoms with Gasteiger partial charge in [-0.1, -0.05) is 81.0 Å². The number of halogens is 3. The van der Waals surface area contributed by atoms with E-state index in [1.54, 1.807) is 53.8 Å². The van der Waals surface area contributed by atoms with Gasteiger partial charge in [-0.25, -0.2) is 15.0 Å². The summed E-state index contributed by atoms with van der Waals surface area (Å²) >= 11 is 10.6. The number of H-pyrrole nitrogens is 3. The summed E-state index contributed by atoms with van der Waals surface area (Å²) in [6.45, 7) is 1.73. The molecule has 9 heterocycles. The molecule has 6 N–H and O–H groups in total. The van der Waals surface area contributed by atoms with Crippen LogP contribution in [0.1, 0.15) is 104 Å². The van der Waals surface area contributed by atoms with E-state index in [1.807, 2.05) is 57.6 Å². The van der Waals surface area contributed by atoms with Gasteiger partial charge in [-0.3, -0.25) is 14.4 Å². The second kappa shape index (κ2) is 24.0. The molecule has 75 heavy (non-hydrogen) atoms. The van der Waals surface area contributed by atoms with Gasteiger partial charge in [0.05, 0.1) is 37.7 Å². The highest BCUT2D eigenvalue weighted by Crippen LogP contribution is 2.36. The molecular weight excluding hydrogens is 1150 g/mol. The summed E-state index contributed by atoms with van der Waals surface area (Å²) in [5, 5.41) is 23.4. The number of hydrogen-bond acceptors (Lipinski definition) is 12. The second-order valence-electron chi connectivity index (χ2n) is 18.6. The molecule has 0 spiro atoms. The minimum Gasteiger partial charge on any atom is -0.366 e. The van der Waals surface area contributed by atoms with Gasteiger partial charge >= 0.3 is 0 Å². The van der Waals surface area contributed by atoms with Crippen molar-refractivity contribution < 1.29 is 0 Å². The molecule has 0 radical (unpaired) electrons. The van der Waals surface area contributed by atoms with Crippen LogP contribution in [-0.2, 0) is 19.6 Å². The van der Waals surface area contributed by atoms with Crippen molar-refractivity contribution in [3.63, 3.8) is 0 Å². The lowest BCUT2D eigenvalue weighted by atomic mass is 9.87. The van der Waals surface area contributed by atoms with E-state index >= 15 is 0 Å². The molecule has 384 valence electrons. The summed E-state index contributed by atoms with van der Waals surface area (Å²) < 4.78 is 8.01. The number of anilines is 3. The van der Waals surface area contributed by atoms with Crippen LogP contribution in [0.25, 0.3) is 28.2 Å². The van der Waals surface area contributed by atoms with Gasteiger partial charge in [0.15, 0.2) is 16.9 Å². The molecule has 9 aromatic heterocycles. The van der Waals surface area contributed by atoms with E-state index in [4.69, 9.17) is 15.0 Å². The fourth-order valence-corrected chi connectivity index (χ4v) is 10.5. The zero-order valence-electron chi connectivity index (χ0n) is 40.8. The molecule has 0 aliphatic heterocycles. The third kappa shape index (κ3) is 12.7. The van der Waals surface area contributed by atoms with Crippen molar-refractivity contribution in [2.45, 2.75) is 95.7 Å². The Morgan fingerprint density at radius 1 is 0.480 bits per heavy atom. The molecule has 12 rings (SSSR count). The summed E-state index contributed by atoms with van der Waals surface area (Å²) in [5.74, 6) is 3.68. The number of nitrogens with one attached hydrogen (secondary N) is 6. The van der Waals surface area contributed by atoms with Crippen LogP contribution >= 0.6 is 47.8 Å². The van der Waals surface area contributed by atoms with E-state index in [9.17, 15) is 14.4 Å². The van der Waals surface area contributed by atoms with E-state index < -0.39 is 0 Å². The maximum Gasteiger partial charge on any atom is 0.248 e. The van der Waals surface area contributed by atoms with Gasteiger partial charge in [0.1, 0.15) is 17.5 Å². The number of pyridine rings is 3. The van der Waals surface area contributed by atoms with Gasteiger partial charge in [0, 0.05) is 103 Å². The molecule has 2 aliphatic rings. The lowest BCUT2D eigenvalue weighted by Crippen LogP contribution is -2.12. The van der Waals surface area contributed by atoms with E-state index in [-0.39, 0.29) is 16.7 Å². The normalized spacial score (nSPS) is 14.0. The topological polar surface area (TPSA) is 225 Å². The number of benzene rings is 1. The Labute approximate surface area is 455 Å². The molecule has 0 saturated heterocycles. The first kappa shape index (κ1) is 51.3. The van der Waals surface area contributed by atoms with Gasteiger partial charge in [-0.2, -0.15) is 28.8 Å². The Morgan fingerprint density at radius 3 is 1.39 bits per heavy atom. The van der Waals surface area contributed by atoms with Crippen LogP contribution < -0.4 is 32.6 Å². The van der Waals surface area contributed by atoms with Crippen LogP contribution in [0, 0.1) is 0 Å². The van der Waals surface area contributed by atoms with Gasteiger partial charge in [0.25, 0.3) is 0 Å². The lowest BCUT2D eigenvalue weighted by Gasteiger charge is -2.22. The number of aromatic nitrogens is 12. The van der Waals surface area contributed by atoms with Crippen LogP contribution in [0.3, 0.4) is 0 Å². The Morgan fingerprint density at radius 2 is 0.933 bits per heavy atom. The quantitative estimate of drug-likeness (QED) is 0.0672. The molecule has 18 nitrogen and oxygen atoms in total. The minimum absolute atomic E-state index is 0.0920. The maximum atomic E-state index is 11.5. The number of aromatic amines is 3. The highest BCUT2D eigenvalue weighted by molar-refractivity contribution is 9.11. The highest BCUT2D eigenvalue weighted by atomic mass is 79.9. The average molecular weight is 1200 g/mol. The first-order chi connectivity index (χ1) is 36.6. The molecule has 21 heteroatoms. The SMILES string of the molecule is O=c1cc(CNc2cc(C3CCCCC3)nc3c(Br)cnn23)cc[nH]1.O=c1ccc(CNc2cc(-c3ccccc3)nc3c(Br)cnn23)c[nH]1.O=c1ccc(CNc2cc(C3CCCCC3)nc3c(Br)cnn23)c[nH]1. The van der Waals surface area contributed by atoms with Crippen LogP contribution in [0.2, 0.25) is 0 Å². The van der Waals surface area contributed by atoms with Crippen molar-refractivity contribution in [1.82, 2.24) is 58.7 Å². The third-order valence-electron chi connectivity index (χ3n) is 13.4. The van der Waals surface area contributed by atoms with E-state index in [0.29, 0.717) is 31.5 Å². The molecule has 0 amide bonds.